The highest BCUT2D eigenvalue weighted by atomic mass is 16.6. The van der Waals surface area contributed by atoms with E-state index in [0.29, 0.717) is 26.2 Å². The number of aryl methyl sites for hydroxylation is 1. The summed E-state index contributed by atoms with van der Waals surface area (Å²) in [5.41, 5.74) is -0.496. The quantitative estimate of drug-likeness (QED) is 0.713. The van der Waals surface area contributed by atoms with Gasteiger partial charge in [0.1, 0.15) is 18.0 Å². The first-order chi connectivity index (χ1) is 11.8. The average Bonchev–Trinajstić information content (AvgIpc) is 3.03. The van der Waals surface area contributed by atoms with Gasteiger partial charge in [-0.1, -0.05) is 13.8 Å². The molecule has 1 aromatic heterocycles. The Kier molecular flexibility index (Phi) is 9.81. The highest BCUT2D eigenvalue weighted by Crippen LogP contribution is 2.12. The van der Waals surface area contributed by atoms with Crippen molar-refractivity contribution >= 4 is 12.1 Å². The minimum absolute atomic E-state index is 0.0700. The fraction of sp³-hybridized carbons (Fsp3) is 0.706. The summed E-state index contributed by atoms with van der Waals surface area (Å²) in [5.74, 6) is 0. The number of aliphatic hydroxyl groups is 1. The summed E-state index contributed by atoms with van der Waals surface area (Å²) in [7, 11) is 2.87. The summed E-state index contributed by atoms with van der Waals surface area (Å²) < 4.78 is 8.69. The number of rotatable bonds is 0. The molecule has 0 saturated carbocycles. The van der Waals surface area contributed by atoms with E-state index in [-0.39, 0.29) is 12.1 Å². The maximum atomic E-state index is 12.3. The third-order valence-corrected chi connectivity index (χ3v) is 3.19. The molecule has 0 spiro atoms. The number of aromatic nitrogens is 2. The van der Waals surface area contributed by atoms with Crippen LogP contribution in [0.1, 0.15) is 34.6 Å². The van der Waals surface area contributed by atoms with Crippen molar-refractivity contribution in [2.45, 2.75) is 40.2 Å². The minimum Gasteiger partial charge on any atom is -0.444 e. The van der Waals surface area contributed by atoms with E-state index in [1.54, 1.807) is 26.9 Å². The summed E-state index contributed by atoms with van der Waals surface area (Å²) in [6.07, 6.45) is 4.95. The van der Waals surface area contributed by atoms with Gasteiger partial charge in [0, 0.05) is 33.3 Å². The van der Waals surface area contributed by atoms with Gasteiger partial charge in [-0.25, -0.2) is 14.2 Å². The van der Waals surface area contributed by atoms with Crippen molar-refractivity contribution in [2.75, 3.05) is 33.3 Å². The predicted molar refractivity (Wildman–Crippen MR) is 95.3 cm³/mol. The second kappa shape index (κ2) is 10.7. The van der Waals surface area contributed by atoms with Crippen LogP contribution in [0.25, 0.3) is 0 Å². The third kappa shape index (κ3) is 7.55. The van der Waals surface area contributed by atoms with Gasteiger partial charge >= 0.3 is 12.1 Å². The molecule has 2 rings (SSSR count). The minimum atomic E-state index is -0.496. The van der Waals surface area contributed by atoms with E-state index in [9.17, 15) is 9.59 Å². The zero-order chi connectivity index (χ0) is 19.6. The number of hydrogen-bond donors (Lipinski definition) is 1. The highest BCUT2D eigenvalue weighted by Gasteiger charge is 2.29. The SMILES string of the molecule is CC.CO.C[n+]1ccn(C(=O)N2CCN(C(=O)OC(C)(C)C)CC2)c1. The summed E-state index contributed by atoms with van der Waals surface area (Å²) in [6, 6.07) is -0.0700. The molecular weight excluding hydrogens is 324 g/mol. The van der Waals surface area contributed by atoms with E-state index < -0.39 is 5.60 Å². The largest absolute Gasteiger partial charge is 0.444 e. The monoisotopic (exact) mass is 357 g/mol. The lowest BCUT2D eigenvalue weighted by atomic mass is 10.2. The first-order valence-corrected chi connectivity index (χ1v) is 8.51. The van der Waals surface area contributed by atoms with Gasteiger partial charge in [0.2, 0.25) is 0 Å². The fourth-order valence-corrected chi connectivity index (χ4v) is 2.13. The maximum absolute atomic E-state index is 12.3. The smallest absolute Gasteiger partial charge is 0.415 e. The van der Waals surface area contributed by atoms with Crippen molar-refractivity contribution in [3.05, 3.63) is 18.7 Å². The predicted octanol–water partition coefficient (Wildman–Crippen LogP) is 1.47. The zero-order valence-electron chi connectivity index (χ0n) is 16.5. The van der Waals surface area contributed by atoms with Gasteiger partial charge in [0.25, 0.3) is 6.33 Å². The summed E-state index contributed by atoms with van der Waals surface area (Å²) in [5, 5.41) is 7.00. The van der Waals surface area contributed by atoms with E-state index >= 15 is 0 Å². The number of nitrogens with zero attached hydrogens (tertiary/aromatic N) is 4. The summed E-state index contributed by atoms with van der Waals surface area (Å²) >= 11 is 0. The van der Waals surface area contributed by atoms with Crippen molar-refractivity contribution in [1.82, 2.24) is 14.4 Å². The molecule has 0 unspecified atom stereocenters. The molecule has 0 bridgehead atoms. The number of aliphatic hydroxyl groups excluding tert-OH is 1. The molecule has 0 aliphatic carbocycles. The molecule has 1 saturated heterocycles. The van der Waals surface area contributed by atoms with Gasteiger partial charge in [-0.05, 0) is 20.8 Å². The Morgan fingerprint density at radius 2 is 1.52 bits per heavy atom. The van der Waals surface area contributed by atoms with Crippen LogP contribution in [0.3, 0.4) is 0 Å². The topological polar surface area (TPSA) is 78.9 Å². The standard InChI is InChI=1S/C14H23N4O3.C2H6.CH4O/c1-14(2,3)21-13(20)17-9-7-16(8-10-17)12(19)18-6-5-15(4)11-18;2*1-2/h5-6,11H,7-10H2,1-4H3;1-2H3;2H,1H3/q+1;;. The third-order valence-electron chi connectivity index (χ3n) is 3.19. The van der Waals surface area contributed by atoms with E-state index in [4.69, 9.17) is 9.84 Å². The van der Waals surface area contributed by atoms with Crippen LogP contribution in [0.2, 0.25) is 0 Å². The Labute approximate surface area is 150 Å². The lowest BCUT2D eigenvalue weighted by Crippen LogP contribution is -2.52. The maximum Gasteiger partial charge on any atom is 0.415 e. The average molecular weight is 357 g/mol. The van der Waals surface area contributed by atoms with Crippen molar-refractivity contribution in [2.24, 2.45) is 7.05 Å². The van der Waals surface area contributed by atoms with E-state index in [1.807, 2.05) is 52.4 Å². The van der Waals surface area contributed by atoms with E-state index in [0.717, 1.165) is 7.11 Å². The van der Waals surface area contributed by atoms with E-state index in [2.05, 4.69) is 0 Å². The van der Waals surface area contributed by atoms with Gasteiger partial charge in [0.05, 0.1) is 7.05 Å². The first kappa shape index (κ1) is 22.9. The van der Waals surface area contributed by atoms with Crippen LogP contribution in [0.15, 0.2) is 18.7 Å². The van der Waals surface area contributed by atoms with Crippen molar-refractivity contribution in [1.29, 1.82) is 0 Å². The number of carbonyl (C=O) groups is 2. The molecule has 8 heteroatoms. The Morgan fingerprint density at radius 3 is 1.92 bits per heavy atom. The molecule has 25 heavy (non-hydrogen) atoms. The Hall–Kier alpha value is -2.09. The van der Waals surface area contributed by atoms with Crippen LogP contribution in [-0.4, -0.2) is 70.5 Å². The number of carbonyl (C=O) groups excluding carboxylic acids is 2. The van der Waals surface area contributed by atoms with Crippen LogP contribution in [-0.2, 0) is 11.8 Å². The second-order valence-electron chi connectivity index (χ2n) is 6.22. The van der Waals surface area contributed by atoms with Gasteiger partial charge in [-0.3, -0.25) is 0 Å². The van der Waals surface area contributed by atoms with Crippen molar-refractivity contribution in [3.63, 3.8) is 0 Å². The molecule has 8 nitrogen and oxygen atoms in total. The van der Waals surface area contributed by atoms with Gasteiger partial charge in [0.15, 0.2) is 0 Å². The number of amides is 2. The molecule has 1 aliphatic heterocycles. The highest BCUT2D eigenvalue weighted by molar-refractivity contribution is 5.77. The summed E-state index contributed by atoms with van der Waals surface area (Å²) in [4.78, 5) is 27.6. The van der Waals surface area contributed by atoms with Gasteiger partial charge in [-0.15, -0.1) is 0 Å². The molecule has 1 fully saturated rings. The molecule has 0 aromatic carbocycles. The second-order valence-corrected chi connectivity index (χ2v) is 6.22. The molecule has 2 heterocycles. The Bertz CT molecular complexity index is 529. The number of ether oxygens (including phenoxy) is 1. The molecule has 144 valence electrons. The fourth-order valence-electron chi connectivity index (χ4n) is 2.13. The Balaban J connectivity index is 0.00000134. The number of hydrogen-bond acceptors (Lipinski definition) is 4. The van der Waals surface area contributed by atoms with Crippen LogP contribution in [0, 0.1) is 0 Å². The molecule has 2 amide bonds. The molecule has 1 aliphatic rings. The normalized spacial score (nSPS) is 13.9. The molecule has 1 aromatic rings. The van der Waals surface area contributed by atoms with Crippen LogP contribution < -0.4 is 4.57 Å². The van der Waals surface area contributed by atoms with E-state index in [1.165, 1.54) is 0 Å². The Morgan fingerprint density at radius 1 is 1.04 bits per heavy atom. The number of imidazole rings is 1. The lowest BCUT2D eigenvalue weighted by molar-refractivity contribution is -0.670. The van der Waals surface area contributed by atoms with Crippen LogP contribution in [0.4, 0.5) is 9.59 Å². The van der Waals surface area contributed by atoms with Gasteiger partial charge in [-0.2, -0.15) is 4.57 Å². The summed E-state index contributed by atoms with van der Waals surface area (Å²) in [6.45, 7) is 11.5. The van der Waals surface area contributed by atoms with Crippen LogP contribution in [0.5, 0.6) is 0 Å². The van der Waals surface area contributed by atoms with Crippen molar-refractivity contribution < 1.29 is 24.0 Å². The molecular formula is C17H33N4O4+. The van der Waals surface area contributed by atoms with Gasteiger partial charge < -0.3 is 19.6 Å². The number of piperazine rings is 1. The van der Waals surface area contributed by atoms with Crippen molar-refractivity contribution in [3.8, 4) is 0 Å². The lowest BCUT2D eigenvalue weighted by Gasteiger charge is -2.34. The molecule has 0 atom stereocenters. The zero-order valence-corrected chi connectivity index (χ0v) is 16.5. The van der Waals surface area contributed by atoms with Crippen LogP contribution >= 0.6 is 0 Å². The first-order valence-electron chi connectivity index (χ1n) is 8.51. The molecule has 1 N–H and O–H groups in total. The molecule has 0 radical (unpaired) electrons.